The minimum absolute atomic E-state index is 0.0934. The molecule has 2 aliphatic rings. The molecule has 3 aromatic rings. The first kappa shape index (κ1) is 19.6. The van der Waals surface area contributed by atoms with E-state index < -0.39 is 15.3 Å². The number of amides is 1. The van der Waals surface area contributed by atoms with E-state index in [4.69, 9.17) is 9.47 Å². The van der Waals surface area contributed by atoms with E-state index in [-0.39, 0.29) is 17.6 Å². The van der Waals surface area contributed by atoms with Gasteiger partial charge in [0.2, 0.25) is 12.7 Å². The number of hydrogen-bond donors (Lipinski definition) is 1. The number of aromatic nitrogens is 1. The lowest BCUT2D eigenvalue weighted by Crippen LogP contribution is -2.28. The Morgan fingerprint density at radius 2 is 1.68 bits per heavy atom. The van der Waals surface area contributed by atoms with Crippen molar-refractivity contribution in [2.45, 2.75) is 23.2 Å². The Hall–Kier alpha value is -3.39. The molecule has 1 amide bonds. The molecule has 1 aliphatic carbocycles. The van der Waals surface area contributed by atoms with E-state index in [1.54, 1.807) is 36.5 Å². The highest BCUT2D eigenvalue weighted by Crippen LogP contribution is 2.51. The Bertz CT molecular complexity index is 1260. The number of sulfone groups is 1. The zero-order valence-corrected chi connectivity index (χ0v) is 17.6. The highest BCUT2D eigenvalue weighted by atomic mass is 32.2. The zero-order valence-electron chi connectivity index (χ0n) is 16.8. The van der Waals surface area contributed by atoms with Crippen LogP contribution in [0.25, 0.3) is 11.1 Å². The number of rotatable bonds is 5. The molecular formula is C23H20N2O5S. The number of carbonyl (C=O) groups excluding carboxylic acids is 1. The van der Waals surface area contributed by atoms with Crippen LogP contribution >= 0.6 is 0 Å². The number of pyridine rings is 1. The Labute approximate surface area is 180 Å². The van der Waals surface area contributed by atoms with Gasteiger partial charge in [-0.15, -0.1) is 0 Å². The van der Waals surface area contributed by atoms with Crippen molar-refractivity contribution in [2.75, 3.05) is 18.4 Å². The minimum atomic E-state index is -3.23. The normalized spacial score (nSPS) is 16.0. The van der Waals surface area contributed by atoms with Crippen molar-refractivity contribution in [3.8, 4) is 22.6 Å². The molecule has 7 nitrogen and oxygen atoms in total. The van der Waals surface area contributed by atoms with E-state index in [2.05, 4.69) is 10.3 Å². The van der Waals surface area contributed by atoms with Crippen molar-refractivity contribution in [3.63, 3.8) is 0 Å². The first-order valence-corrected chi connectivity index (χ1v) is 11.7. The van der Waals surface area contributed by atoms with E-state index >= 15 is 0 Å². The van der Waals surface area contributed by atoms with Gasteiger partial charge in [-0.05, 0) is 60.4 Å². The molecule has 0 unspecified atom stereocenters. The summed E-state index contributed by atoms with van der Waals surface area (Å²) in [5.41, 5.74) is 2.02. The molecule has 1 fully saturated rings. The first-order chi connectivity index (χ1) is 14.8. The van der Waals surface area contributed by atoms with Gasteiger partial charge < -0.3 is 14.8 Å². The Balaban J connectivity index is 1.31. The van der Waals surface area contributed by atoms with Crippen molar-refractivity contribution in [2.24, 2.45) is 0 Å². The van der Waals surface area contributed by atoms with Crippen LogP contribution in [0, 0.1) is 0 Å². The van der Waals surface area contributed by atoms with Gasteiger partial charge in [0.15, 0.2) is 21.3 Å². The molecule has 8 heteroatoms. The summed E-state index contributed by atoms with van der Waals surface area (Å²) >= 11 is 0. The molecule has 158 valence electrons. The number of hydrogen-bond acceptors (Lipinski definition) is 6. The highest BCUT2D eigenvalue weighted by Gasteiger charge is 2.51. The average molecular weight is 436 g/mol. The number of benzene rings is 2. The fourth-order valence-corrected chi connectivity index (χ4v) is 4.37. The molecule has 0 radical (unpaired) electrons. The van der Waals surface area contributed by atoms with Gasteiger partial charge in [-0.2, -0.15) is 0 Å². The summed E-state index contributed by atoms with van der Waals surface area (Å²) in [5, 5.41) is 2.92. The summed E-state index contributed by atoms with van der Waals surface area (Å²) in [7, 11) is -3.23. The van der Waals surface area contributed by atoms with Gasteiger partial charge in [-0.3, -0.25) is 4.79 Å². The summed E-state index contributed by atoms with van der Waals surface area (Å²) < 4.78 is 34.0. The number of nitrogens with zero attached hydrogens (tertiary/aromatic N) is 1. The number of nitrogens with one attached hydrogen (secondary N) is 1. The fourth-order valence-electron chi connectivity index (χ4n) is 3.74. The maximum absolute atomic E-state index is 13.0. The summed E-state index contributed by atoms with van der Waals surface area (Å²) in [4.78, 5) is 17.6. The number of anilines is 1. The topological polar surface area (TPSA) is 94.6 Å². The molecule has 1 aromatic heterocycles. The highest BCUT2D eigenvalue weighted by molar-refractivity contribution is 7.90. The van der Waals surface area contributed by atoms with E-state index in [9.17, 15) is 13.2 Å². The zero-order chi connectivity index (χ0) is 21.6. The van der Waals surface area contributed by atoms with E-state index in [0.717, 1.165) is 29.5 Å². The maximum atomic E-state index is 13.0. The molecule has 1 aliphatic heterocycles. The van der Waals surface area contributed by atoms with Gasteiger partial charge in [0, 0.05) is 18.0 Å². The van der Waals surface area contributed by atoms with Crippen molar-refractivity contribution in [1.82, 2.24) is 4.98 Å². The molecule has 1 saturated carbocycles. The van der Waals surface area contributed by atoms with Gasteiger partial charge in [0.05, 0.1) is 10.3 Å². The van der Waals surface area contributed by atoms with Gasteiger partial charge in [0.25, 0.3) is 0 Å². The third-order valence-electron chi connectivity index (χ3n) is 5.73. The summed E-state index contributed by atoms with van der Waals surface area (Å²) in [6.07, 6.45) is 4.37. The van der Waals surface area contributed by atoms with Gasteiger partial charge >= 0.3 is 0 Å². The van der Waals surface area contributed by atoms with E-state index in [1.807, 2.05) is 24.3 Å². The maximum Gasteiger partial charge on any atom is 0.236 e. The standard InChI is InChI=1S/C23H20N2O5S/c1-31(27,28)18-6-2-15(3-7-18)16-4-9-21(24-13-16)25-22(26)23(10-11-23)17-5-8-19-20(12-17)30-14-29-19/h2-9,12-13H,10-11,14H2,1H3,(H,24,25,26). The van der Waals surface area contributed by atoms with Crippen LogP contribution in [-0.2, 0) is 20.0 Å². The van der Waals surface area contributed by atoms with Crippen LogP contribution in [0.1, 0.15) is 18.4 Å². The molecular weight excluding hydrogens is 416 g/mol. The quantitative estimate of drug-likeness (QED) is 0.657. The fraction of sp³-hybridized carbons (Fsp3) is 0.217. The lowest BCUT2D eigenvalue weighted by Gasteiger charge is -2.16. The predicted octanol–water partition coefficient (Wildman–Crippen LogP) is 3.55. The smallest absolute Gasteiger partial charge is 0.236 e. The minimum Gasteiger partial charge on any atom is -0.454 e. The number of carbonyl (C=O) groups is 1. The molecule has 0 saturated heterocycles. The molecule has 0 bridgehead atoms. The van der Waals surface area contributed by atoms with E-state index in [0.29, 0.717) is 17.3 Å². The van der Waals surface area contributed by atoms with Crippen LogP contribution in [-0.4, -0.2) is 32.4 Å². The lowest BCUT2D eigenvalue weighted by molar-refractivity contribution is -0.118. The second-order valence-electron chi connectivity index (χ2n) is 7.83. The molecule has 0 spiro atoms. The van der Waals surface area contributed by atoms with Gasteiger partial charge in [-0.1, -0.05) is 18.2 Å². The molecule has 0 atom stereocenters. The van der Waals surface area contributed by atoms with E-state index in [1.165, 1.54) is 6.26 Å². The van der Waals surface area contributed by atoms with Crippen LogP contribution in [0.3, 0.4) is 0 Å². The summed E-state index contributed by atoms with van der Waals surface area (Å²) in [6.45, 7) is 0.200. The summed E-state index contributed by atoms with van der Waals surface area (Å²) in [6, 6.07) is 15.8. The summed E-state index contributed by atoms with van der Waals surface area (Å²) in [5.74, 6) is 1.74. The Kier molecular flexibility index (Phi) is 4.48. The van der Waals surface area contributed by atoms with Crippen LogP contribution in [0.2, 0.25) is 0 Å². The predicted molar refractivity (Wildman–Crippen MR) is 115 cm³/mol. The molecule has 5 rings (SSSR count). The second kappa shape index (κ2) is 7.09. The molecule has 2 heterocycles. The average Bonchev–Trinajstić information content (AvgIpc) is 3.45. The third-order valence-corrected chi connectivity index (χ3v) is 6.86. The Morgan fingerprint density at radius 1 is 0.968 bits per heavy atom. The largest absolute Gasteiger partial charge is 0.454 e. The van der Waals surface area contributed by atoms with Crippen LogP contribution in [0.5, 0.6) is 11.5 Å². The first-order valence-electron chi connectivity index (χ1n) is 9.83. The second-order valence-corrected chi connectivity index (χ2v) is 9.85. The van der Waals surface area contributed by atoms with Gasteiger partial charge in [-0.25, -0.2) is 13.4 Å². The molecule has 1 N–H and O–H groups in total. The van der Waals surface area contributed by atoms with Crippen molar-refractivity contribution in [3.05, 3.63) is 66.4 Å². The number of ether oxygens (including phenoxy) is 2. The van der Waals surface area contributed by atoms with Crippen LogP contribution in [0.4, 0.5) is 5.82 Å². The molecule has 31 heavy (non-hydrogen) atoms. The van der Waals surface area contributed by atoms with Gasteiger partial charge in [0.1, 0.15) is 5.82 Å². The molecule has 2 aromatic carbocycles. The van der Waals surface area contributed by atoms with Crippen molar-refractivity contribution >= 4 is 21.6 Å². The lowest BCUT2D eigenvalue weighted by atomic mass is 9.94. The SMILES string of the molecule is CS(=O)(=O)c1ccc(-c2ccc(NC(=O)C3(c4ccc5c(c4)OCO5)CC3)nc2)cc1. The monoisotopic (exact) mass is 436 g/mol. The third kappa shape index (κ3) is 3.63. The van der Waals surface area contributed by atoms with Crippen molar-refractivity contribution < 1.29 is 22.7 Å². The number of fused-ring (bicyclic) bond motifs is 1. The Morgan fingerprint density at radius 3 is 2.32 bits per heavy atom. The van der Waals surface area contributed by atoms with Crippen LogP contribution in [0.15, 0.2) is 65.7 Å². The van der Waals surface area contributed by atoms with Crippen molar-refractivity contribution in [1.29, 1.82) is 0 Å². The van der Waals surface area contributed by atoms with Crippen LogP contribution < -0.4 is 14.8 Å².